The summed E-state index contributed by atoms with van der Waals surface area (Å²) in [6.45, 7) is 2.11. The number of rotatable bonds is 6. The molecule has 0 aliphatic heterocycles. The molecule has 0 saturated carbocycles. The Kier molecular flexibility index (Phi) is 4.35. The quantitative estimate of drug-likeness (QED) is 0.760. The molecule has 0 aliphatic rings. The maximum atomic E-state index is 12.1. The number of nitrogens with zero attached hydrogens (tertiary/aromatic N) is 1. The molecule has 0 bridgehead atoms. The average molecular weight is 283 g/mol. The van der Waals surface area contributed by atoms with E-state index in [0.717, 1.165) is 35.9 Å². The van der Waals surface area contributed by atoms with Crippen LogP contribution >= 0.6 is 11.3 Å². The smallest absolute Gasteiger partial charge is 0.210 e. The fourth-order valence-corrected chi connectivity index (χ4v) is 4.51. The highest BCUT2D eigenvalue weighted by Gasteiger charge is 2.18. The van der Waals surface area contributed by atoms with Gasteiger partial charge in [0.15, 0.2) is 0 Å². The summed E-state index contributed by atoms with van der Waals surface area (Å²) in [7, 11) is -3.20. The van der Waals surface area contributed by atoms with Crippen LogP contribution in [0.5, 0.6) is 0 Å². The molecule has 1 heterocycles. The Morgan fingerprint density at radius 2 is 1.94 bits per heavy atom. The van der Waals surface area contributed by atoms with Crippen molar-refractivity contribution in [1.82, 2.24) is 4.98 Å². The van der Waals surface area contributed by atoms with Crippen LogP contribution in [0.1, 0.15) is 32.6 Å². The monoisotopic (exact) mass is 283 g/mol. The molecule has 18 heavy (non-hydrogen) atoms. The fourth-order valence-electron chi connectivity index (χ4n) is 1.79. The number of hydrogen-bond donors (Lipinski definition) is 0. The van der Waals surface area contributed by atoms with Gasteiger partial charge >= 0.3 is 0 Å². The normalized spacial score (nSPS) is 12.1. The first-order chi connectivity index (χ1) is 8.63. The summed E-state index contributed by atoms with van der Waals surface area (Å²) in [5.74, 6) is 0.215. The van der Waals surface area contributed by atoms with Gasteiger partial charge < -0.3 is 0 Å². The summed E-state index contributed by atoms with van der Waals surface area (Å²) in [6.07, 6.45) is 3.91. The topological polar surface area (TPSA) is 47.0 Å². The van der Waals surface area contributed by atoms with E-state index in [1.807, 2.05) is 24.3 Å². The van der Waals surface area contributed by atoms with Crippen LogP contribution in [0.15, 0.2) is 28.6 Å². The molecule has 1 aromatic heterocycles. The summed E-state index contributed by atoms with van der Waals surface area (Å²) in [5, 5.41) is 0. The van der Waals surface area contributed by atoms with Crippen LogP contribution in [0, 0.1) is 0 Å². The van der Waals surface area contributed by atoms with Crippen molar-refractivity contribution < 1.29 is 8.42 Å². The lowest BCUT2D eigenvalue weighted by Crippen LogP contribution is -2.06. The van der Waals surface area contributed by atoms with Crippen LogP contribution in [0.2, 0.25) is 0 Å². The highest BCUT2D eigenvalue weighted by molar-refractivity contribution is 7.93. The molecular formula is C13H17NO2S2. The van der Waals surface area contributed by atoms with Crippen LogP contribution in [0.4, 0.5) is 0 Å². The maximum Gasteiger partial charge on any atom is 0.210 e. The molecule has 0 fully saturated rings. The number of para-hydroxylation sites is 1. The molecule has 0 unspecified atom stereocenters. The second-order valence-electron chi connectivity index (χ2n) is 4.33. The van der Waals surface area contributed by atoms with E-state index < -0.39 is 9.84 Å². The van der Waals surface area contributed by atoms with Gasteiger partial charge in [-0.1, -0.05) is 38.3 Å². The lowest BCUT2D eigenvalue weighted by atomic mass is 10.2. The summed E-state index contributed by atoms with van der Waals surface area (Å²) in [6, 6.07) is 7.53. The second kappa shape index (κ2) is 5.80. The molecule has 2 rings (SSSR count). The van der Waals surface area contributed by atoms with Gasteiger partial charge in [-0.05, 0) is 18.6 Å². The SMILES string of the molecule is CCCCCCS(=O)(=O)c1nc2ccccc2s1. The Morgan fingerprint density at radius 3 is 2.67 bits per heavy atom. The minimum absolute atomic E-state index is 0.215. The summed E-state index contributed by atoms with van der Waals surface area (Å²) >= 11 is 1.27. The first kappa shape index (κ1) is 13.5. The molecule has 0 N–H and O–H groups in total. The lowest BCUT2D eigenvalue weighted by Gasteiger charge is -1.99. The molecule has 0 amide bonds. The fraction of sp³-hybridized carbons (Fsp3) is 0.462. The third-order valence-corrected chi connectivity index (χ3v) is 6.10. The van der Waals surface area contributed by atoms with E-state index in [9.17, 15) is 8.42 Å². The van der Waals surface area contributed by atoms with E-state index in [-0.39, 0.29) is 10.1 Å². The van der Waals surface area contributed by atoms with E-state index in [0.29, 0.717) is 0 Å². The predicted molar refractivity (Wildman–Crippen MR) is 75.8 cm³/mol. The molecule has 0 aliphatic carbocycles. The Bertz CT molecular complexity index is 584. The largest absolute Gasteiger partial charge is 0.225 e. The van der Waals surface area contributed by atoms with Crippen molar-refractivity contribution >= 4 is 31.4 Å². The third-order valence-electron chi connectivity index (χ3n) is 2.81. The van der Waals surface area contributed by atoms with Gasteiger partial charge in [0.05, 0.1) is 16.0 Å². The van der Waals surface area contributed by atoms with E-state index in [1.165, 1.54) is 11.3 Å². The van der Waals surface area contributed by atoms with Crippen molar-refractivity contribution in [3.63, 3.8) is 0 Å². The Balaban J connectivity index is 2.14. The minimum Gasteiger partial charge on any atom is -0.225 e. The Hall–Kier alpha value is -0.940. The van der Waals surface area contributed by atoms with Crippen molar-refractivity contribution in [3.05, 3.63) is 24.3 Å². The molecule has 3 nitrogen and oxygen atoms in total. The number of sulfone groups is 1. The van der Waals surface area contributed by atoms with E-state index in [4.69, 9.17) is 0 Å². The summed E-state index contributed by atoms with van der Waals surface area (Å²) in [4.78, 5) is 4.21. The molecule has 98 valence electrons. The van der Waals surface area contributed by atoms with E-state index >= 15 is 0 Å². The average Bonchev–Trinajstić information content (AvgIpc) is 2.79. The highest BCUT2D eigenvalue weighted by Crippen LogP contribution is 2.26. The molecule has 0 spiro atoms. The second-order valence-corrected chi connectivity index (χ2v) is 7.64. The lowest BCUT2D eigenvalue weighted by molar-refractivity contribution is 0.588. The van der Waals surface area contributed by atoms with Gasteiger partial charge in [-0.2, -0.15) is 0 Å². The molecule has 5 heteroatoms. The zero-order valence-electron chi connectivity index (χ0n) is 10.4. The molecule has 0 saturated heterocycles. The van der Waals surface area contributed by atoms with Crippen molar-refractivity contribution in [3.8, 4) is 0 Å². The van der Waals surface area contributed by atoms with Crippen molar-refractivity contribution in [2.24, 2.45) is 0 Å². The molecule has 1 aromatic carbocycles. The van der Waals surface area contributed by atoms with Gasteiger partial charge in [-0.3, -0.25) is 0 Å². The first-order valence-electron chi connectivity index (χ1n) is 6.22. The number of fused-ring (bicyclic) bond motifs is 1. The van der Waals surface area contributed by atoms with Crippen LogP contribution in [0.25, 0.3) is 10.2 Å². The maximum absolute atomic E-state index is 12.1. The Morgan fingerprint density at radius 1 is 1.17 bits per heavy atom. The van der Waals surface area contributed by atoms with E-state index in [1.54, 1.807) is 0 Å². The van der Waals surface area contributed by atoms with Gasteiger partial charge in [-0.15, -0.1) is 11.3 Å². The van der Waals surface area contributed by atoms with Gasteiger partial charge in [0.1, 0.15) is 0 Å². The van der Waals surface area contributed by atoms with Crippen molar-refractivity contribution in [1.29, 1.82) is 0 Å². The molecular weight excluding hydrogens is 266 g/mol. The standard InChI is InChI=1S/C13H17NO2S2/c1-2-3-4-7-10-18(15,16)13-14-11-8-5-6-9-12(11)17-13/h5-6,8-9H,2-4,7,10H2,1H3. The van der Waals surface area contributed by atoms with Gasteiger partial charge in [0, 0.05) is 0 Å². The van der Waals surface area contributed by atoms with Crippen LogP contribution in [-0.4, -0.2) is 19.2 Å². The zero-order valence-corrected chi connectivity index (χ0v) is 12.1. The van der Waals surface area contributed by atoms with Gasteiger partial charge in [0.25, 0.3) is 0 Å². The molecule has 2 aromatic rings. The summed E-state index contributed by atoms with van der Waals surface area (Å²) in [5.41, 5.74) is 0.773. The van der Waals surface area contributed by atoms with Crippen molar-refractivity contribution in [2.75, 3.05) is 5.75 Å². The predicted octanol–water partition coefficient (Wildman–Crippen LogP) is 3.65. The van der Waals surface area contributed by atoms with Crippen LogP contribution in [-0.2, 0) is 9.84 Å². The zero-order chi connectivity index (χ0) is 13.0. The number of hydrogen-bond acceptors (Lipinski definition) is 4. The first-order valence-corrected chi connectivity index (χ1v) is 8.68. The van der Waals surface area contributed by atoms with Crippen LogP contribution < -0.4 is 0 Å². The molecule has 0 radical (unpaired) electrons. The highest BCUT2D eigenvalue weighted by atomic mass is 32.2. The Labute approximate surface area is 112 Å². The number of aromatic nitrogens is 1. The molecule has 0 atom stereocenters. The third kappa shape index (κ3) is 3.09. The van der Waals surface area contributed by atoms with E-state index in [2.05, 4.69) is 11.9 Å². The van der Waals surface area contributed by atoms with Crippen LogP contribution in [0.3, 0.4) is 0 Å². The number of thiazole rings is 1. The number of unbranched alkanes of at least 4 members (excludes halogenated alkanes) is 3. The van der Waals surface area contributed by atoms with Crippen molar-refractivity contribution in [2.45, 2.75) is 36.9 Å². The van der Waals surface area contributed by atoms with Gasteiger partial charge in [-0.25, -0.2) is 13.4 Å². The number of benzene rings is 1. The minimum atomic E-state index is -3.20. The summed E-state index contributed by atoms with van der Waals surface area (Å²) < 4.78 is 25.4. The van der Waals surface area contributed by atoms with Gasteiger partial charge in [0.2, 0.25) is 14.2 Å².